The van der Waals surface area contributed by atoms with E-state index in [1.807, 2.05) is 0 Å². The molecule has 1 saturated heterocycles. The first-order chi connectivity index (χ1) is 27.7. The van der Waals surface area contributed by atoms with Gasteiger partial charge >= 0.3 is 0 Å². The summed E-state index contributed by atoms with van der Waals surface area (Å²) in [5.74, 6) is 0.427. The topological polar surface area (TPSA) is 66.2 Å². The van der Waals surface area contributed by atoms with E-state index in [0.717, 1.165) is 65.4 Å². The second-order valence-electron chi connectivity index (χ2n) is 16.0. The van der Waals surface area contributed by atoms with Crippen molar-refractivity contribution in [3.05, 3.63) is 162 Å². The van der Waals surface area contributed by atoms with Gasteiger partial charge < -0.3 is 14.3 Å². The third-order valence-electron chi connectivity index (χ3n) is 12.5. The molecular weight excluding hydrogens is 687 g/mol. The number of nitrogens with zero attached hydrogens (tertiary/aromatic N) is 1. The first kappa shape index (κ1) is 33.7. The Kier molecular flexibility index (Phi) is 8.49. The van der Waals surface area contributed by atoms with E-state index in [0.29, 0.717) is 5.92 Å². The van der Waals surface area contributed by atoms with Crippen LogP contribution in [0.3, 0.4) is 0 Å². The third kappa shape index (κ3) is 5.91. The Hall–Kier alpha value is -5.66. The highest BCUT2D eigenvalue weighted by atomic mass is 16.3. The normalized spacial score (nSPS) is 24.2. The zero-order chi connectivity index (χ0) is 37.0. The number of hydrogen-bond acceptors (Lipinski definition) is 5. The summed E-state index contributed by atoms with van der Waals surface area (Å²) in [4.78, 5) is 0. The molecule has 2 aliphatic heterocycles. The van der Waals surface area contributed by atoms with Crippen molar-refractivity contribution in [1.29, 1.82) is 0 Å². The average molecular weight is 734 g/mol. The summed E-state index contributed by atoms with van der Waals surface area (Å²) in [5.41, 5.74) is 13.1. The number of allylic oxidation sites excluding steroid dienone is 8. The first-order valence-electron chi connectivity index (χ1n) is 20.6. The van der Waals surface area contributed by atoms with Gasteiger partial charge in [-0.25, -0.2) is 0 Å². The van der Waals surface area contributed by atoms with E-state index in [4.69, 9.17) is 4.42 Å². The summed E-state index contributed by atoms with van der Waals surface area (Å²) in [6, 6.07) is 31.0. The maximum absolute atomic E-state index is 6.68. The highest BCUT2D eigenvalue weighted by molar-refractivity contribution is 6.18. The van der Waals surface area contributed by atoms with E-state index >= 15 is 0 Å². The van der Waals surface area contributed by atoms with Crippen molar-refractivity contribution in [2.75, 3.05) is 6.54 Å². The van der Waals surface area contributed by atoms with Gasteiger partial charge in [0, 0.05) is 57.0 Å². The standard InChI is InChI=1S/C50H47N5O/c1-5-15-32(16-6-1)36-28-42(50-53-48(33-17-7-2-8-18-33)52-49(54-50)34-19-9-3-10-20-34)47(51-31-36)35-25-26-45-40(27-35)41-29-39-38-23-13-14-24-43(38)55(37-21-11-4-12-22-37)44(39)30-46(41)56-45/h1-2,4-7,9,11,13-17,19,21,23-30,34,48-54H,3,8,10,12,18,20,22,31H2. The molecule has 2 aromatic heterocycles. The van der Waals surface area contributed by atoms with Gasteiger partial charge in [-0.2, -0.15) is 0 Å². The van der Waals surface area contributed by atoms with Crippen LogP contribution in [0.25, 0.3) is 60.7 Å². The lowest BCUT2D eigenvalue weighted by molar-refractivity contribution is 0.194. The summed E-state index contributed by atoms with van der Waals surface area (Å²) in [7, 11) is 0. The van der Waals surface area contributed by atoms with Crippen LogP contribution in [0.2, 0.25) is 0 Å². The summed E-state index contributed by atoms with van der Waals surface area (Å²) in [6.45, 7) is 0.747. The molecule has 4 atom stereocenters. The van der Waals surface area contributed by atoms with E-state index in [2.05, 4.69) is 165 Å². The zero-order valence-electron chi connectivity index (χ0n) is 31.6. The molecule has 4 heterocycles. The monoisotopic (exact) mass is 733 g/mol. The number of rotatable bonds is 6. The summed E-state index contributed by atoms with van der Waals surface area (Å²) >= 11 is 0. The van der Waals surface area contributed by atoms with E-state index in [9.17, 15) is 0 Å². The molecule has 4 N–H and O–H groups in total. The van der Waals surface area contributed by atoms with Gasteiger partial charge in [0.1, 0.15) is 11.2 Å². The van der Waals surface area contributed by atoms with Crippen LogP contribution in [-0.2, 0) is 0 Å². The number of aromatic nitrogens is 1. The van der Waals surface area contributed by atoms with Gasteiger partial charge in [0.2, 0.25) is 0 Å². The molecule has 1 fully saturated rings. The van der Waals surface area contributed by atoms with Crippen LogP contribution >= 0.6 is 0 Å². The Balaban J connectivity index is 1.06. The molecule has 6 nitrogen and oxygen atoms in total. The SMILES string of the molecule is C1=CCCC(C2NC(C3=C(c4ccc5oc6cc7c(cc6c5c4)c4ccccc4n7C4=CC=CCC4)NCC(c4ccccc4)=C3)NC(C3C=CCCC3)N2)=C1. The van der Waals surface area contributed by atoms with Crippen molar-refractivity contribution in [3.63, 3.8) is 0 Å². The molecule has 278 valence electrons. The Morgan fingerprint density at radius 3 is 2.32 bits per heavy atom. The largest absolute Gasteiger partial charge is 0.456 e. The fraction of sp³-hybridized carbons (Fsp3) is 0.240. The lowest BCUT2D eigenvalue weighted by atomic mass is 9.89. The summed E-state index contributed by atoms with van der Waals surface area (Å²) < 4.78 is 9.11. The van der Waals surface area contributed by atoms with Crippen LogP contribution in [0.5, 0.6) is 0 Å². The molecular formula is C50H47N5O. The van der Waals surface area contributed by atoms with Gasteiger partial charge in [-0.3, -0.25) is 16.0 Å². The van der Waals surface area contributed by atoms with Crippen molar-refractivity contribution in [2.24, 2.45) is 5.92 Å². The molecule has 56 heavy (non-hydrogen) atoms. The molecule has 0 bridgehead atoms. The second-order valence-corrected chi connectivity index (χ2v) is 16.0. The molecule has 4 aromatic carbocycles. The van der Waals surface area contributed by atoms with Crippen molar-refractivity contribution in [3.8, 4) is 0 Å². The van der Waals surface area contributed by atoms with E-state index in [1.54, 1.807) is 0 Å². The first-order valence-corrected chi connectivity index (χ1v) is 20.6. The maximum atomic E-state index is 6.68. The number of fused-ring (bicyclic) bond motifs is 6. The fourth-order valence-electron chi connectivity index (χ4n) is 9.70. The van der Waals surface area contributed by atoms with Crippen LogP contribution in [-0.4, -0.2) is 29.6 Å². The molecule has 0 spiro atoms. The second kappa shape index (κ2) is 14.1. The Bertz CT molecular complexity index is 2730. The average Bonchev–Trinajstić information content (AvgIpc) is 3.80. The number of para-hydroxylation sites is 1. The van der Waals surface area contributed by atoms with Crippen molar-refractivity contribution in [2.45, 2.75) is 63.4 Å². The smallest absolute Gasteiger partial charge is 0.137 e. The van der Waals surface area contributed by atoms with E-state index in [1.165, 1.54) is 69.0 Å². The minimum absolute atomic E-state index is 0.0704. The molecule has 6 heteroatoms. The quantitative estimate of drug-likeness (QED) is 0.128. The van der Waals surface area contributed by atoms with Gasteiger partial charge in [0.25, 0.3) is 0 Å². The van der Waals surface area contributed by atoms with Crippen molar-refractivity contribution >= 4 is 60.7 Å². The molecule has 5 aliphatic rings. The van der Waals surface area contributed by atoms with E-state index < -0.39 is 0 Å². The van der Waals surface area contributed by atoms with Gasteiger partial charge in [-0.15, -0.1) is 0 Å². The number of nitrogens with one attached hydrogen (secondary N) is 4. The lowest BCUT2D eigenvalue weighted by Crippen LogP contribution is -2.70. The molecule has 6 aromatic rings. The summed E-state index contributed by atoms with van der Waals surface area (Å²) in [6.07, 6.45) is 28.6. The van der Waals surface area contributed by atoms with E-state index in [-0.39, 0.29) is 18.5 Å². The van der Waals surface area contributed by atoms with Crippen LogP contribution in [0, 0.1) is 5.92 Å². The molecule has 0 amide bonds. The zero-order valence-corrected chi connectivity index (χ0v) is 31.6. The minimum Gasteiger partial charge on any atom is -0.456 e. The molecule has 0 radical (unpaired) electrons. The predicted molar refractivity (Wildman–Crippen MR) is 232 cm³/mol. The van der Waals surface area contributed by atoms with Gasteiger partial charge in [0.15, 0.2) is 0 Å². The Morgan fingerprint density at radius 2 is 1.48 bits per heavy atom. The van der Waals surface area contributed by atoms with Gasteiger partial charge in [0.05, 0.1) is 29.5 Å². The minimum atomic E-state index is -0.0821. The number of hydrogen-bond donors (Lipinski definition) is 4. The van der Waals surface area contributed by atoms with Crippen molar-refractivity contribution < 1.29 is 4.42 Å². The Morgan fingerprint density at radius 1 is 0.643 bits per heavy atom. The molecule has 3 aliphatic carbocycles. The highest BCUT2D eigenvalue weighted by Crippen LogP contribution is 2.40. The highest BCUT2D eigenvalue weighted by Gasteiger charge is 2.36. The van der Waals surface area contributed by atoms with Crippen LogP contribution in [0.4, 0.5) is 0 Å². The lowest BCUT2D eigenvalue weighted by Gasteiger charge is -2.44. The molecule has 4 unspecified atom stereocenters. The Labute approximate surface area is 327 Å². The van der Waals surface area contributed by atoms with Crippen LogP contribution < -0.4 is 21.3 Å². The molecule has 11 rings (SSSR count). The predicted octanol–water partition coefficient (Wildman–Crippen LogP) is 10.7. The fourth-order valence-corrected chi connectivity index (χ4v) is 9.70. The maximum Gasteiger partial charge on any atom is 0.137 e. The number of dihydropyridines is 1. The van der Waals surface area contributed by atoms with Crippen LogP contribution in [0.15, 0.2) is 155 Å². The third-order valence-corrected chi connectivity index (χ3v) is 12.5. The molecule has 0 saturated carbocycles. The number of furan rings is 1. The van der Waals surface area contributed by atoms with Gasteiger partial charge in [-0.1, -0.05) is 91.1 Å². The number of benzene rings is 4. The van der Waals surface area contributed by atoms with Crippen LogP contribution in [0.1, 0.15) is 56.1 Å². The summed E-state index contributed by atoms with van der Waals surface area (Å²) in [5, 5.41) is 20.9. The van der Waals surface area contributed by atoms with Gasteiger partial charge in [-0.05, 0) is 110 Å². The van der Waals surface area contributed by atoms with Crippen molar-refractivity contribution in [1.82, 2.24) is 25.8 Å².